The van der Waals surface area contributed by atoms with Crippen molar-refractivity contribution in [2.45, 2.75) is 58.5 Å². The quantitative estimate of drug-likeness (QED) is 0.840. The Kier molecular flexibility index (Phi) is 5.54. The summed E-state index contributed by atoms with van der Waals surface area (Å²) in [5.41, 5.74) is 1.10. The van der Waals surface area contributed by atoms with E-state index in [1.165, 1.54) is 0 Å². The molecule has 0 aromatic heterocycles. The zero-order chi connectivity index (χ0) is 15.4. The first-order chi connectivity index (χ1) is 9.13. The Morgan fingerprint density at radius 2 is 1.80 bits per heavy atom. The van der Waals surface area contributed by atoms with Gasteiger partial charge < -0.3 is 9.74 Å². The first-order valence-corrected chi connectivity index (χ1v) is 10.0. The molecule has 1 N–H and O–H groups in total. The van der Waals surface area contributed by atoms with Crippen molar-refractivity contribution >= 4 is 14.2 Å². The van der Waals surface area contributed by atoms with E-state index in [0.717, 1.165) is 5.56 Å². The van der Waals surface area contributed by atoms with Gasteiger partial charge in [0.2, 0.25) is 5.91 Å². The number of nitrogens with one attached hydrogen (secondary N) is 1. The first kappa shape index (κ1) is 16.9. The average Bonchev–Trinajstić information content (AvgIpc) is 2.35. The molecule has 0 aliphatic heterocycles. The number of hydrogen-bond donors (Lipinski definition) is 1. The van der Waals surface area contributed by atoms with Gasteiger partial charge >= 0.3 is 0 Å². The van der Waals surface area contributed by atoms with Crippen molar-refractivity contribution in [2.24, 2.45) is 0 Å². The second kappa shape index (κ2) is 6.55. The number of benzene rings is 1. The topological polar surface area (TPSA) is 38.3 Å². The number of amides is 1. The van der Waals surface area contributed by atoms with Crippen LogP contribution in [-0.4, -0.2) is 20.3 Å². The molecule has 0 radical (unpaired) electrons. The molecular formula is C16H27NO2Si. The van der Waals surface area contributed by atoms with Gasteiger partial charge in [-0.25, -0.2) is 0 Å². The van der Waals surface area contributed by atoms with Gasteiger partial charge in [0.05, 0.1) is 0 Å². The van der Waals surface area contributed by atoms with Crippen LogP contribution in [0.2, 0.25) is 18.1 Å². The van der Waals surface area contributed by atoms with Crippen LogP contribution in [0.15, 0.2) is 30.3 Å². The molecule has 20 heavy (non-hydrogen) atoms. The molecule has 0 heterocycles. The van der Waals surface area contributed by atoms with Crippen molar-refractivity contribution in [3.63, 3.8) is 0 Å². The molecule has 1 aromatic rings. The molecular weight excluding hydrogens is 266 g/mol. The van der Waals surface area contributed by atoms with E-state index >= 15 is 0 Å². The normalized spacial score (nSPS) is 13.9. The minimum Gasteiger partial charge on any atom is -0.405 e. The summed E-state index contributed by atoms with van der Waals surface area (Å²) in [7, 11) is -1.90. The summed E-state index contributed by atoms with van der Waals surface area (Å²) in [5, 5.41) is 3.04. The van der Waals surface area contributed by atoms with E-state index in [2.05, 4.69) is 39.2 Å². The number of carbonyl (C=O) groups excluding carboxylic acids is 1. The van der Waals surface area contributed by atoms with E-state index in [0.29, 0.717) is 6.54 Å². The molecule has 0 unspecified atom stereocenters. The molecule has 0 fully saturated rings. The lowest BCUT2D eigenvalue weighted by Crippen LogP contribution is -2.47. The van der Waals surface area contributed by atoms with Crippen LogP contribution in [0.5, 0.6) is 0 Å². The van der Waals surface area contributed by atoms with E-state index in [4.69, 9.17) is 4.43 Å². The fourth-order valence-corrected chi connectivity index (χ4v) is 2.95. The van der Waals surface area contributed by atoms with Crippen molar-refractivity contribution in [3.05, 3.63) is 35.9 Å². The summed E-state index contributed by atoms with van der Waals surface area (Å²) in [5.74, 6) is -0.0429. The summed E-state index contributed by atoms with van der Waals surface area (Å²) >= 11 is 0. The third kappa shape index (κ3) is 4.76. The summed E-state index contributed by atoms with van der Waals surface area (Å²) in [6.45, 7) is 13.2. The molecule has 1 amide bonds. The number of hydrogen-bond acceptors (Lipinski definition) is 2. The van der Waals surface area contributed by atoms with E-state index in [1.807, 2.05) is 37.3 Å². The molecule has 0 aliphatic rings. The SMILES string of the molecule is C[C@H](O[Si](C)(C)C(C)(C)C)C(=O)NCc1ccccc1. The molecule has 1 atom stereocenters. The minimum absolute atomic E-state index is 0.0429. The molecule has 112 valence electrons. The van der Waals surface area contributed by atoms with Crippen LogP contribution in [0.4, 0.5) is 0 Å². The highest BCUT2D eigenvalue weighted by Gasteiger charge is 2.39. The Balaban J connectivity index is 2.52. The van der Waals surface area contributed by atoms with E-state index in [9.17, 15) is 4.79 Å². The van der Waals surface area contributed by atoms with Gasteiger partial charge in [0.15, 0.2) is 8.32 Å². The molecule has 0 aliphatic carbocycles. The van der Waals surface area contributed by atoms with Crippen molar-refractivity contribution in [2.75, 3.05) is 0 Å². The van der Waals surface area contributed by atoms with E-state index in [1.54, 1.807) is 0 Å². The lowest BCUT2D eigenvalue weighted by molar-refractivity contribution is -0.127. The van der Waals surface area contributed by atoms with Crippen LogP contribution in [0.1, 0.15) is 33.3 Å². The average molecular weight is 293 g/mol. The highest BCUT2D eigenvalue weighted by Crippen LogP contribution is 2.37. The van der Waals surface area contributed by atoms with Crippen LogP contribution in [0.25, 0.3) is 0 Å². The largest absolute Gasteiger partial charge is 0.405 e. The predicted octanol–water partition coefficient (Wildman–Crippen LogP) is 3.71. The first-order valence-electron chi connectivity index (χ1n) is 7.13. The molecule has 3 nitrogen and oxygen atoms in total. The third-order valence-electron chi connectivity index (χ3n) is 3.96. The van der Waals surface area contributed by atoms with Crippen molar-refractivity contribution < 1.29 is 9.22 Å². The predicted molar refractivity (Wildman–Crippen MR) is 86.0 cm³/mol. The van der Waals surface area contributed by atoms with Gasteiger partial charge in [0.25, 0.3) is 0 Å². The van der Waals surface area contributed by atoms with Crippen molar-refractivity contribution in [3.8, 4) is 0 Å². The monoisotopic (exact) mass is 293 g/mol. The van der Waals surface area contributed by atoms with Crippen molar-refractivity contribution in [1.82, 2.24) is 5.32 Å². The van der Waals surface area contributed by atoms with Crippen LogP contribution >= 0.6 is 0 Å². The Hall–Kier alpha value is -1.13. The maximum atomic E-state index is 12.1. The maximum absolute atomic E-state index is 12.1. The van der Waals surface area contributed by atoms with Crippen LogP contribution in [-0.2, 0) is 15.8 Å². The van der Waals surface area contributed by atoms with Crippen molar-refractivity contribution in [1.29, 1.82) is 0 Å². The number of carbonyl (C=O) groups is 1. The summed E-state index contributed by atoms with van der Waals surface area (Å²) in [6, 6.07) is 9.90. The minimum atomic E-state index is -1.90. The van der Waals surface area contributed by atoms with Crippen LogP contribution in [0, 0.1) is 0 Å². The standard InChI is InChI=1S/C16H27NO2Si/c1-13(19-20(5,6)16(2,3)4)15(18)17-12-14-10-8-7-9-11-14/h7-11,13H,12H2,1-6H3,(H,17,18)/t13-/m0/s1. The summed E-state index contributed by atoms with van der Waals surface area (Å²) in [4.78, 5) is 12.1. The van der Waals surface area contributed by atoms with Crippen LogP contribution < -0.4 is 5.32 Å². The molecule has 1 rings (SSSR count). The molecule has 0 spiro atoms. The Bertz CT molecular complexity index is 438. The zero-order valence-corrected chi connectivity index (χ0v) is 14.5. The third-order valence-corrected chi connectivity index (χ3v) is 8.51. The molecule has 0 saturated heterocycles. The van der Waals surface area contributed by atoms with Gasteiger partial charge in [-0.1, -0.05) is 51.1 Å². The second-order valence-corrected chi connectivity index (χ2v) is 11.5. The fourth-order valence-electron chi connectivity index (χ4n) is 1.60. The number of rotatable bonds is 5. The van der Waals surface area contributed by atoms with Gasteiger partial charge in [-0.2, -0.15) is 0 Å². The van der Waals surface area contributed by atoms with E-state index in [-0.39, 0.29) is 10.9 Å². The van der Waals surface area contributed by atoms with Gasteiger partial charge in [-0.3, -0.25) is 4.79 Å². The molecule has 0 bridgehead atoms. The second-order valence-electron chi connectivity index (χ2n) is 6.72. The van der Waals surface area contributed by atoms with Gasteiger partial charge in [0.1, 0.15) is 6.10 Å². The van der Waals surface area contributed by atoms with Gasteiger partial charge in [-0.05, 0) is 30.6 Å². The highest BCUT2D eigenvalue weighted by atomic mass is 28.4. The van der Waals surface area contributed by atoms with Gasteiger partial charge in [-0.15, -0.1) is 0 Å². The lowest BCUT2D eigenvalue weighted by Gasteiger charge is -2.38. The zero-order valence-electron chi connectivity index (χ0n) is 13.5. The lowest BCUT2D eigenvalue weighted by atomic mass is 10.2. The Labute approximate surface area is 123 Å². The van der Waals surface area contributed by atoms with E-state index < -0.39 is 14.4 Å². The smallest absolute Gasteiger partial charge is 0.247 e. The Morgan fingerprint density at radius 3 is 2.30 bits per heavy atom. The highest BCUT2D eigenvalue weighted by molar-refractivity contribution is 6.74. The molecule has 4 heteroatoms. The Morgan fingerprint density at radius 1 is 1.25 bits per heavy atom. The summed E-state index contributed by atoms with van der Waals surface area (Å²) in [6.07, 6.45) is -0.403. The summed E-state index contributed by atoms with van der Waals surface area (Å²) < 4.78 is 6.08. The van der Waals surface area contributed by atoms with Gasteiger partial charge in [0, 0.05) is 6.54 Å². The fraction of sp³-hybridized carbons (Fsp3) is 0.562. The maximum Gasteiger partial charge on any atom is 0.247 e. The molecule has 0 saturated carbocycles. The van der Waals surface area contributed by atoms with Crippen LogP contribution in [0.3, 0.4) is 0 Å². The molecule has 1 aromatic carbocycles.